The van der Waals surface area contributed by atoms with E-state index in [9.17, 15) is 17.2 Å². The molecule has 0 atom stereocenters. The first-order valence-electron chi connectivity index (χ1n) is 10.9. The minimum atomic E-state index is -3.44. The van der Waals surface area contributed by atoms with Crippen LogP contribution in [-0.4, -0.2) is 79.6 Å². The maximum atomic E-state index is 12.7. The number of nitrogens with two attached hydrogens (primary N) is 1. The highest BCUT2D eigenvalue weighted by molar-refractivity contribution is 7.88. The van der Waals surface area contributed by atoms with Gasteiger partial charge in [0.25, 0.3) is 5.92 Å². The Labute approximate surface area is 200 Å². The van der Waals surface area contributed by atoms with E-state index in [1.54, 1.807) is 16.2 Å². The number of piperidine rings is 1. The molecule has 35 heavy (non-hydrogen) atoms. The number of hydrogen-bond donors (Lipinski definition) is 2. The molecule has 3 N–H and O–H groups in total. The zero-order valence-electron chi connectivity index (χ0n) is 19.5. The Morgan fingerprint density at radius 3 is 2.63 bits per heavy atom. The van der Waals surface area contributed by atoms with Gasteiger partial charge in [-0.25, -0.2) is 31.4 Å². The van der Waals surface area contributed by atoms with Gasteiger partial charge in [0.2, 0.25) is 16.0 Å². The standard InChI is InChI=1S/C14H15N9.C6H11F2NO2S/c1-3-22-13-10(19-21-22)5-4-9(17-13)8-6-7-23-11(8)12(16-2)18-14(15)20-23;1-12(10,11)9-4-2-3-6(7,8)5-9/h4-7H,3H2,1-2H3,(H3,15,16,18,20);2-5H2,1H3. The van der Waals surface area contributed by atoms with Crippen molar-refractivity contribution in [2.75, 3.05) is 37.4 Å². The molecule has 0 radical (unpaired) electrons. The number of alkyl halides is 2. The largest absolute Gasteiger partial charge is 0.371 e. The molecule has 5 heterocycles. The Balaban J connectivity index is 0.000000204. The number of nitrogens with zero attached hydrogens (tertiary/aromatic N) is 8. The van der Waals surface area contributed by atoms with Gasteiger partial charge in [0.05, 0.1) is 18.5 Å². The van der Waals surface area contributed by atoms with Gasteiger partial charge in [-0.2, -0.15) is 9.29 Å². The molecule has 0 spiro atoms. The van der Waals surface area contributed by atoms with Gasteiger partial charge in [0.15, 0.2) is 11.5 Å². The maximum absolute atomic E-state index is 12.7. The summed E-state index contributed by atoms with van der Waals surface area (Å²) < 4.78 is 51.4. The summed E-state index contributed by atoms with van der Waals surface area (Å²) in [7, 11) is -1.65. The van der Waals surface area contributed by atoms with E-state index < -0.39 is 22.5 Å². The molecule has 1 fully saturated rings. The van der Waals surface area contributed by atoms with Crippen molar-refractivity contribution in [3.8, 4) is 11.3 Å². The fourth-order valence-corrected chi connectivity index (χ4v) is 4.74. The quantitative estimate of drug-likeness (QED) is 0.421. The van der Waals surface area contributed by atoms with E-state index in [1.807, 2.05) is 31.3 Å². The first-order chi connectivity index (χ1) is 16.5. The van der Waals surface area contributed by atoms with Crippen molar-refractivity contribution in [2.45, 2.75) is 32.2 Å². The molecule has 4 aromatic rings. The predicted octanol–water partition coefficient (Wildman–Crippen LogP) is 1.86. The van der Waals surface area contributed by atoms with Crippen LogP contribution in [0.25, 0.3) is 27.9 Å². The SMILES string of the molecule is CCn1nnc2ccc(-c3ccn4nc(N)nc(NC)c34)nc21.CS(=O)(=O)N1CCCC(F)(F)C1. The third-order valence-corrected chi connectivity index (χ3v) is 6.78. The number of pyridine rings is 1. The summed E-state index contributed by atoms with van der Waals surface area (Å²) in [5.74, 6) is -1.98. The van der Waals surface area contributed by atoms with E-state index in [0.29, 0.717) is 12.4 Å². The number of anilines is 2. The monoisotopic (exact) mass is 508 g/mol. The lowest BCUT2D eigenvalue weighted by Gasteiger charge is -2.30. The van der Waals surface area contributed by atoms with Gasteiger partial charge in [-0.15, -0.1) is 10.2 Å². The van der Waals surface area contributed by atoms with Crippen molar-refractivity contribution in [1.29, 1.82) is 0 Å². The Hall–Kier alpha value is -3.46. The summed E-state index contributed by atoms with van der Waals surface area (Å²) in [6.45, 7) is 2.27. The van der Waals surface area contributed by atoms with Crippen LogP contribution < -0.4 is 11.1 Å². The number of aryl methyl sites for hydroxylation is 1. The highest BCUT2D eigenvalue weighted by Crippen LogP contribution is 2.30. The lowest BCUT2D eigenvalue weighted by atomic mass is 10.1. The number of nitrogens with one attached hydrogen (secondary N) is 1. The van der Waals surface area contributed by atoms with Gasteiger partial charge < -0.3 is 11.1 Å². The van der Waals surface area contributed by atoms with Gasteiger partial charge >= 0.3 is 0 Å². The highest BCUT2D eigenvalue weighted by Gasteiger charge is 2.38. The molecule has 1 saturated heterocycles. The molecule has 0 amide bonds. The molecule has 0 aromatic carbocycles. The summed E-state index contributed by atoms with van der Waals surface area (Å²) in [6.07, 6.45) is 2.82. The van der Waals surface area contributed by atoms with E-state index in [-0.39, 0.29) is 25.3 Å². The molecular weight excluding hydrogens is 482 g/mol. The lowest BCUT2D eigenvalue weighted by molar-refractivity contribution is -0.0432. The summed E-state index contributed by atoms with van der Waals surface area (Å²) in [4.78, 5) is 8.95. The van der Waals surface area contributed by atoms with Crippen molar-refractivity contribution < 1.29 is 17.2 Å². The van der Waals surface area contributed by atoms with Gasteiger partial charge in [-0.3, -0.25) is 0 Å². The second-order valence-electron chi connectivity index (χ2n) is 8.09. The first kappa shape index (κ1) is 24.7. The van der Waals surface area contributed by atoms with Crippen LogP contribution in [0, 0.1) is 0 Å². The summed E-state index contributed by atoms with van der Waals surface area (Å²) >= 11 is 0. The molecule has 0 bridgehead atoms. The van der Waals surface area contributed by atoms with E-state index in [1.165, 1.54) is 0 Å². The number of aromatic nitrogens is 7. The normalized spacial score (nSPS) is 16.3. The highest BCUT2D eigenvalue weighted by atomic mass is 32.2. The number of halogens is 2. The van der Waals surface area contributed by atoms with Crippen LogP contribution in [0.5, 0.6) is 0 Å². The molecule has 1 aliphatic heterocycles. The van der Waals surface area contributed by atoms with Crippen LogP contribution >= 0.6 is 0 Å². The zero-order valence-corrected chi connectivity index (χ0v) is 20.3. The molecule has 4 aromatic heterocycles. The lowest BCUT2D eigenvalue weighted by Crippen LogP contribution is -2.45. The Morgan fingerprint density at radius 2 is 2.00 bits per heavy atom. The minimum Gasteiger partial charge on any atom is -0.371 e. The van der Waals surface area contributed by atoms with Crippen LogP contribution in [0.3, 0.4) is 0 Å². The van der Waals surface area contributed by atoms with Crippen molar-refractivity contribution in [3.63, 3.8) is 0 Å². The van der Waals surface area contributed by atoms with Gasteiger partial charge in [-0.05, 0) is 31.5 Å². The molecule has 0 unspecified atom stereocenters. The van der Waals surface area contributed by atoms with E-state index in [0.717, 1.165) is 38.5 Å². The van der Waals surface area contributed by atoms with Crippen LogP contribution in [0.15, 0.2) is 24.4 Å². The molecule has 15 heteroatoms. The van der Waals surface area contributed by atoms with Gasteiger partial charge in [0.1, 0.15) is 11.0 Å². The average molecular weight is 509 g/mol. The number of hydrogen-bond acceptors (Lipinski definition) is 9. The van der Waals surface area contributed by atoms with Crippen molar-refractivity contribution in [3.05, 3.63) is 24.4 Å². The fourth-order valence-electron chi connectivity index (χ4n) is 3.85. The van der Waals surface area contributed by atoms with Crippen LogP contribution in [0.2, 0.25) is 0 Å². The molecule has 1 aliphatic rings. The smallest absolute Gasteiger partial charge is 0.261 e. The second-order valence-corrected chi connectivity index (χ2v) is 10.1. The van der Waals surface area contributed by atoms with E-state index >= 15 is 0 Å². The second kappa shape index (κ2) is 9.30. The van der Waals surface area contributed by atoms with Crippen LogP contribution in [0.1, 0.15) is 19.8 Å². The van der Waals surface area contributed by atoms with Crippen molar-refractivity contribution in [1.82, 2.24) is 38.9 Å². The summed E-state index contributed by atoms with van der Waals surface area (Å²) in [6, 6.07) is 5.78. The summed E-state index contributed by atoms with van der Waals surface area (Å²) in [5.41, 5.74) is 9.80. The first-order valence-corrected chi connectivity index (χ1v) is 12.7. The van der Waals surface area contributed by atoms with E-state index in [4.69, 9.17) is 10.7 Å². The van der Waals surface area contributed by atoms with Gasteiger partial charge in [-0.1, -0.05) is 5.21 Å². The Bertz CT molecular complexity index is 1470. The topological polar surface area (TPSA) is 149 Å². The minimum absolute atomic E-state index is 0.209. The third kappa shape index (κ3) is 5.14. The molecule has 0 aliphatic carbocycles. The van der Waals surface area contributed by atoms with Crippen molar-refractivity contribution >= 4 is 38.5 Å². The number of rotatable bonds is 4. The van der Waals surface area contributed by atoms with Crippen LogP contribution in [0.4, 0.5) is 20.5 Å². The molecular formula is C20H26F2N10O2S. The number of nitrogen functional groups attached to an aromatic ring is 1. The molecule has 5 rings (SSSR count). The average Bonchev–Trinajstić information content (AvgIpc) is 3.41. The Kier molecular flexibility index (Phi) is 6.55. The molecule has 12 nitrogen and oxygen atoms in total. The maximum Gasteiger partial charge on any atom is 0.261 e. The number of fused-ring (bicyclic) bond motifs is 2. The third-order valence-electron chi connectivity index (χ3n) is 5.53. The molecule has 0 saturated carbocycles. The van der Waals surface area contributed by atoms with E-state index in [2.05, 4.69) is 25.7 Å². The fraction of sp³-hybridized carbons (Fsp3) is 0.450. The number of sulfonamides is 1. The van der Waals surface area contributed by atoms with Crippen molar-refractivity contribution in [2.24, 2.45) is 0 Å². The predicted molar refractivity (Wildman–Crippen MR) is 128 cm³/mol. The molecule has 188 valence electrons. The zero-order chi connectivity index (χ0) is 25.4. The Morgan fingerprint density at radius 1 is 1.23 bits per heavy atom. The van der Waals surface area contributed by atoms with Crippen LogP contribution in [-0.2, 0) is 16.6 Å². The summed E-state index contributed by atoms with van der Waals surface area (Å²) in [5, 5.41) is 15.5. The van der Waals surface area contributed by atoms with Gasteiger partial charge in [0, 0.05) is 38.3 Å².